The molecule has 0 radical (unpaired) electrons. The summed E-state index contributed by atoms with van der Waals surface area (Å²) in [5.74, 6) is 0.445. The molecule has 0 spiro atoms. The van der Waals surface area contributed by atoms with Gasteiger partial charge < -0.3 is 34.6 Å². The van der Waals surface area contributed by atoms with Crippen molar-refractivity contribution < 1.29 is 34.1 Å². The molecule has 0 saturated heterocycles. The lowest BCUT2D eigenvalue weighted by molar-refractivity contribution is -0.223. The molecule has 6 unspecified atom stereocenters. The average molecular weight is 671 g/mol. The molecule has 6 atom stereocenters. The van der Waals surface area contributed by atoms with E-state index >= 15 is 0 Å². The Balaban J connectivity index is 1.70. The summed E-state index contributed by atoms with van der Waals surface area (Å²) in [6.07, 6.45) is 14.3. The number of thioether (sulfide) groups is 1. The number of oxime groups is 1. The molecule has 2 saturated carbocycles. The second-order valence-corrected chi connectivity index (χ2v) is 14.6. The van der Waals surface area contributed by atoms with E-state index in [1.807, 2.05) is 37.7 Å². The molecule has 1 amide bonds. The summed E-state index contributed by atoms with van der Waals surface area (Å²) in [5, 5.41) is 27.4. The topological polar surface area (TPSA) is 119 Å². The molecule has 1 aromatic rings. The molecule has 3 aliphatic carbocycles. The Bertz CT molecular complexity index is 1270. The third-order valence-electron chi connectivity index (χ3n) is 10.1. The van der Waals surface area contributed by atoms with Gasteiger partial charge in [0.05, 0.1) is 23.5 Å². The molecule has 5 rings (SSSR count). The van der Waals surface area contributed by atoms with E-state index in [1.54, 1.807) is 12.1 Å². The summed E-state index contributed by atoms with van der Waals surface area (Å²) in [6, 6.07) is 5.72. The van der Waals surface area contributed by atoms with Crippen molar-refractivity contribution in [3.05, 3.63) is 48.1 Å². The van der Waals surface area contributed by atoms with Crippen molar-refractivity contribution >= 4 is 23.6 Å². The number of hydrogen-bond donors (Lipinski definition) is 3. The summed E-state index contributed by atoms with van der Waals surface area (Å²) < 4.78 is 19.9. The number of nitrogens with zero attached hydrogens (tertiary/aromatic N) is 1. The first-order valence-electron chi connectivity index (χ1n) is 17.8. The van der Waals surface area contributed by atoms with Gasteiger partial charge >= 0.3 is 6.09 Å². The summed E-state index contributed by atoms with van der Waals surface area (Å²) in [5.41, 5.74) is 3.07. The van der Waals surface area contributed by atoms with E-state index in [1.165, 1.54) is 25.7 Å². The van der Waals surface area contributed by atoms with E-state index in [4.69, 9.17) is 24.2 Å². The number of benzene rings is 1. The second kappa shape index (κ2) is 17.2. The molecule has 1 heterocycles. The van der Waals surface area contributed by atoms with Crippen LogP contribution in [0.15, 0.2) is 47.7 Å². The monoisotopic (exact) mass is 670 g/mol. The number of carbonyl (C=O) groups is 1. The van der Waals surface area contributed by atoms with Crippen molar-refractivity contribution in [2.75, 3.05) is 33.0 Å². The van der Waals surface area contributed by atoms with Gasteiger partial charge in [-0.25, -0.2) is 4.79 Å². The molecule has 3 N–H and O–H groups in total. The standard InChI is InChI=1S/C37H54N2O7S/c1-4-21-43-37-33(47-27-14-7-8-15-27)24-31(39-44-6-3)29-22-25(13-9-11-19-40)28(16-10-12-20-41)34(35(29)37)30-23-26(17-18-32(30)46-37)45-36(42)38-5-2/h4,17-18,22-23,25,27-28,33-35,40-41H,1,5-16,19-21,24H2,2-3H3,(H,38,42). The summed E-state index contributed by atoms with van der Waals surface area (Å²) in [6.45, 7) is 9.44. The fraction of sp³-hybridized carbons (Fsp3) is 0.676. The second-order valence-electron chi connectivity index (χ2n) is 13.1. The van der Waals surface area contributed by atoms with Gasteiger partial charge in [-0.3, -0.25) is 0 Å². The Morgan fingerprint density at radius 2 is 1.91 bits per heavy atom. The maximum Gasteiger partial charge on any atom is 0.412 e. The predicted molar refractivity (Wildman–Crippen MR) is 186 cm³/mol. The van der Waals surface area contributed by atoms with Gasteiger partial charge in [0, 0.05) is 42.9 Å². The van der Waals surface area contributed by atoms with Crippen molar-refractivity contribution in [1.29, 1.82) is 0 Å². The maximum absolute atomic E-state index is 12.5. The molecule has 0 bridgehead atoms. The number of unbranched alkanes of at least 4 members (excludes halogenated alkanes) is 2. The average Bonchev–Trinajstić information content (AvgIpc) is 3.59. The Morgan fingerprint density at radius 3 is 2.62 bits per heavy atom. The van der Waals surface area contributed by atoms with E-state index in [0.717, 1.165) is 61.1 Å². The molecule has 4 aliphatic rings. The Morgan fingerprint density at radius 1 is 1.15 bits per heavy atom. The molecule has 47 heavy (non-hydrogen) atoms. The number of nitrogens with one attached hydrogen (secondary N) is 1. The molecule has 0 aromatic heterocycles. The first-order valence-corrected chi connectivity index (χ1v) is 18.7. The van der Waals surface area contributed by atoms with E-state index in [2.05, 4.69) is 18.0 Å². The van der Waals surface area contributed by atoms with Crippen molar-refractivity contribution in [2.24, 2.45) is 22.9 Å². The largest absolute Gasteiger partial charge is 0.460 e. The van der Waals surface area contributed by atoms with Crippen molar-refractivity contribution in [3.63, 3.8) is 0 Å². The highest BCUT2D eigenvalue weighted by Crippen LogP contribution is 2.63. The molecule has 1 aliphatic heterocycles. The van der Waals surface area contributed by atoms with Crippen molar-refractivity contribution in [2.45, 2.75) is 107 Å². The van der Waals surface area contributed by atoms with Gasteiger partial charge in [-0.1, -0.05) is 43.0 Å². The van der Waals surface area contributed by atoms with E-state index in [9.17, 15) is 15.0 Å². The normalized spacial score (nSPS) is 29.0. The predicted octanol–water partition coefficient (Wildman–Crippen LogP) is 7.12. The zero-order valence-electron chi connectivity index (χ0n) is 28.2. The van der Waals surface area contributed by atoms with E-state index < -0.39 is 11.9 Å². The minimum absolute atomic E-state index is 0.0297. The van der Waals surface area contributed by atoms with Crippen LogP contribution in [0.25, 0.3) is 0 Å². The van der Waals surface area contributed by atoms with Gasteiger partial charge in [0.15, 0.2) is 0 Å². The number of hydrogen-bond acceptors (Lipinski definition) is 9. The molecule has 9 nitrogen and oxygen atoms in total. The van der Waals surface area contributed by atoms with Gasteiger partial charge in [0.25, 0.3) is 0 Å². The van der Waals surface area contributed by atoms with Gasteiger partial charge in [-0.05, 0) is 88.0 Å². The maximum atomic E-state index is 12.5. The Kier molecular flexibility index (Phi) is 13.1. The number of amides is 1. The van der Waals surface area contributed by atoms with Crippen molar-refractivity contribution in [1.82, 2.24) is 5.32 Å². The third-order valence-corrected chi connectivity index (χ3v) is 11.8. The van der Waals surface area contributed by atoms with E-state index in [-0.39, 0.29) is 42.1 Å². The smallest absolute Gasteiger partial charge is 0.412 e. The van der Waals surface area contributed by atoms with Gasteiger partial charge in [-0.2, -0.15) is 0 Å². The van der Waals surface area contributed by atoms with Crippen LogP contribution >= 0.6 is 11.8 Å². The fourth-order valence-electron chi connectivity index (χ4n) is 8.19. The number of allylic oxidation sites excluding steroid dienone is 1. The van der Waals surface area contributed by atoms with Crippen LogP contribution in [0, 0.1) is 17.8 Å². The number of carbonyl (C=O) groups excluding carboxylic acids is 1. The van der Waals surface area contributed by atoms with Crippen LogP contribution in [0.2, 0.25) is 0 Å². The first-order chi connectivity index (χ1) is 23.0. The highest BCUT2D eigenvalue weighted by molar-refractivity contribution is 8.00. The van der Waals surface area contributed by atoms with Gasteiger partial charge in [-0.15, -0.1) is 18.3 Å². The zero-order chi connectivity index (χ0) is 33.2. The lowest BCUT2D eigenvalue weighted by atomic mass is 9.56. The molecule has 1 aromatic carbocycles. The summed E-state index contributed by atoms with van der Waals surface area (Å²) in [7, 11) is 0. The minimum atomic E-state index is -0.969. The molecule has 2 fully saturated rings. The van der Waals surface area contributed by atoms with Crippen LogP contribution in [0.5, 0.6) is 11.5 Å². The van der Waals surface area contributed by atoms with E-state index in [0.29, 0.717) is 37.2 Å². The van der Waals surface area contributed by atoms with Crippen LogP contribution in [-0.4, -0.2) is 71.3 Å². The number of aliphatic hydroxyl groups excluding tert-OH is 2. The summed E-state index contributed by atoms with van der Waals surface area (Å²) in [4.78, 5) is 18.3. The summed E-state index contributed by atoms with van der Waals surface area (Å²) >= 11 is 1.98. The Labute approximate surface area is 284 Å². The number of ether oxygens (including phenoxy) is 3. The van der Waals surface area contributed by atoms with Crippen LogP contribution in [0.4, 0.5) is 4.79 Å². The number of fused-ring (bicyclic) bond motifs is 2. The number of rotatable bonds is 17. The minimum Gasteiger partial charge on any atom is -0.460 e. The lowest BCUT2D eigenvalue weighted by Gasteiger charge is -2.58. The Hall–Kier alpha value is -2.53. The van der Waals surface area contributed by atoms with Crippen LogP contribution in [0.3, 0.4) is 0 Å². The van der Waals surface area contributed by atoms with Crippen LogP contribution in [0.1, 0.15) is 96.0 Å². The zero-order valence-corrected chi connectivity index (χ0v) is 29.0. The van der Waals surface area contributed by atoms with Crippen LogP contribution < -0.4 is 14.8 Å². The van der Waals surface area contributed by atoms with Crippen LogP contribution in [-0.2, 0) is 9.57 Å². The first kappa shape index (κ1) is 35.8. The number of aliphatic hydroxyl groups is 2. The third kappa shape index (κ3) is 8.03. The highest BCUT2D eigenvalue weighted by Gasteiger charge is 2.64. The fourth-order valence-corrected chi connectivity index (χ4v) is 9.97. The highest BCUT2D eigenvalue weighted by atomic mass is 32.2. The molecule has 10 heteroatoms. The molecule has 260 valence electrons. The van der Waals surface area contributed by atoms with Gasteiger partial charge in [0.2, 0.25) is 5.79 Å². The van der Waals surface area contributed by atoms with Crippen molar-refractivity contribution in [3.8, 4) is 11.5 Å². The SMILES string of the molecule is C=CCOC12Oc3ccc(OC(=O)NCC)cc3C3C(CCCCO)C(CCCCO)C=C(C(=NOCC)CC1SC1CCCC1)C32. The van der Waals surface area contributed by atoms with Gasteiger partial charge in [0.1, 0.15) is 18.1 Å². The molecular formula is C37H54N2O7S. The lowest BCUT2D eigenvalue weighted by Crippen LogP contribution is -2.64. The molecular weight excluding hydrogens is 616 g/mol. The quantitative estimate of drug-likeness (QED) is 0.0911.